The van der Waals surface area contributed by atoms with E-state index in [0.29, 0.717) is 23.7 Å². The molecule has 22 heavy (non-hydrogen) atoms. The Morgan fingerprint density at radius 2 is 1.95 bits per heavy atom. The van der Waals surface area contributed by atoms with Crippen molar-refractivity contribution in [3.63, 3.8) is 0 Å². The number of hydrogen-bond donors (Lipinski definition) is 1. The van der Waals surface area contributed by atoms with E-state index in [9.17, 15) is 15.2 Å². The fourth-order valence-corrected chi connectivity index (χ4v) is 2.40. The molecule has 1 N–H and O–H groups in total. The monoisotopic (exact) mass is 320 g/mol. The second kappa shape index (κ2) is 7.35. The van der Waals surface area contributed by atoms with E-state index in [1.807, 2.05) is 42.3 Å². The number of nitrogens with zero attached hydrogens (tertiary/aromatic N) is 2. The van der Waals surface area contributed by atoms with Gasteiger partial charge in [-0.1, -0.05) is 41.9 Å². The Labute approximate surface area is 133 Å². The molecule has 0 aliphatic heterocycles. The van der Waals surface area contributed by atoms with E-state index in [1.165, 1.54) is 18.2 Å². The van der Waals surface area contributed by atoms with Gasteiger partial charge in [-0.25, -0.2) is 0 Å². The highest BCUT2D eigenvalue weighted by molar-refractivity contribution is 6.31. The topological polar surface area (TPSA) is 66.6 Å². The maximum atomic E-state index is 10.8. The molecule has 0 fully saturated rings. The minimum Gasteiger partial charge on any atom is -0.387 e. The SMILES string of the molecule is CN(Cc1cc([N+](=O)[O-])ccc1Cl)C[C@@H](O)c1ccccc1. The smallest absolute Gasteiger partial charge is 0.269 e. The summed E-state index contributed by atoms with van der Waals surface area (Å²) in [5.74, 6) is 0. The van der Waals surface area contributed by atoms with Crippen molar-refractivity contribution in [1.29, 1.82) is 0 Å². The summed E-state index contributed by atoms with van der Waals surface area (Å²) in [6.45, 7) is 0.827. The molecule has 1 atom stereocenters. The summed E-state index contributed by atoms with van der Waals surface area (Å²) >= 11 is 6.09. The molecule has 0 saturated heterocycles. The summed E-state index contributed by atoms with van der Waals surface area (Å²) in [5.41, 5.74) is 1.51. The summed E-state index contributed by atoms with van der Waals surface area (Å²) < 4.78 is 0. The highest BCUT2D eigenvalue weighted by Crippen LogP contribution is 2.24. The highest BCUT2D eigenvalue weighted by Gasteiger charge is 2.14. The van der Waals surface area contributed by atoms with Crippen LogP contribution in [0.4, 0.5) is 5.69 Å². The molecule has 0 amide bonds. The van der Waals surface area contributed by atoms with E-state index in [1.54, 1.807) is 0 Å². The van der Waals surface area contributed by atoms with Gasteiger partial charge in [0, 0.05) is 30.2 Å². The molecular formula is C16H17ClN2O3. The zero-order chi connectivity index (χ0) is 16.1. The number of aliphatic hydroxyl groups excluding tert-OH is 1. The van der Waals surface area contributed by atoms with Gasteiger partial charge in [-0.3, -0.25) is 15.0 Å². The van der Waals surface area contributed by atoms with Crippen molar-refractivity contribution in [2.24, 2.45) is 0 Å². The molecule has 0 unspecified atom stereocenters. The van der Waals surface area contributed by atoms with Gasteiger partial charge in [-0.15, -0.1) is 0 Å². The van der Waals surface area contributed by atoms with Gasteiger partial charge < -0.3 is 5.11 Å². The van der Waals surface area contributed by atoms with Crippen molar-refractivity contribution in [1.82, 2.24) is 4.90 Å². The van der Waals surface area contributed by atoms with Crippen molar-refractivity contribution in [2.45, 2.75) is 12.6 Å². The predicted molar refractivity (Wildman–Crippen MR) is 85.8 cm³/mol. The molecule has 0 aromatic heterocycles. The first-order chi connectivity index (χ1) is 10.5. The van der Waals surface area contributed by atoms with Crippen LogP contribution in [-0.4, -0.2) is 28.5 Å². The van der Waals surface area contributed by atoms with Gasteiger partial charge >= 0.3 is 0 Å². The van der Waals surface area contributed by atoms with Crippen LogP contribution < -0.4 is 0 Å². The van der Waals surface area contributed by atoms with Crippen LogP contribution in [0, 0.1) is 10.1 Å². The molecular weight excluding hydrogens is 304 g/mol. The first kappa shape index (κ1) is 16.4. The molecule has 0 bridgehead atoms. The van der Waals surface area contributed by atoms with E-state index in [2.05, 4.69) is 0 Å². The second-order valence-corrected chi connectivity index (χ2v) is 5.56. The van der Waals surface area contributed by atoms with Crippen LogP contribution in [0.2, 0.25) is 5.02 Å². The summed E-state index contributed by atoms with van der Waals surface area (Å²) in [5, 5.41) is 21.5. The van der Waals surface area contributed by atoms with Gasteiger partial charge in [0.1, 0.15) is 0 Å². The van der Waals surface area contributed by atoms with Gasteiger partial charge in [0.2, 0.25) is 0 Å². The average Bonchev–Trinajstić information content (AvgIpc) is 2.50. The van der Waals surface area contributed by atoms with Crippen molar-refractivity contribution in [2.75, 3.05) is 13.6 Å². The number of hydrogen-bond acceptors (Lipinski definition) is 4. The van der Waals surface area contributed by atoms with Crippen LogP contribution in [0.5, 0.6) is 0 Å². The molecule has 116 valence electrons. The van der Waals surface area contributed by atoms with Crippen molar-refractivity contribution >= 4 is 17.3 Å². The maximum absolute atomic E-state index is 10.8. The van der Waals surface area contributed by atoms with Gasteiger partial charge in [-0.05, 0) is 24.2 Å². The van der Waals surface area contributed by atoms with Crippen LogP contribution in [0.25, 0.3) is 0 Å². The molecule has 2 aromatic carbocycles. The zero-order valence-electron chi connectivity index (χ0n) is 12.1. The van der Waals surface area contributed by atoms with Crippen LogP contribution in [-0.2, 0) is 6.54 Å². The second-order valence-electron chi connectivity index (χ2n) is 5.16. The zero-order valence-corrected chi connectivity index (χ0v) is 12.9. The lowest BCUT2D eigenvalue weighted by atomic mass is 10.1. The van der Waals surface area contributed by atoms with Crippen LogP contribution in [0.3, 0.4) is 0 Å². The maximum Gasteiger partial charge on any atom is 0.269 e. The average molecular weight is 321 g/mol. The van der Waals surface area contributed by atoms with Gasteiger partial charge in [0.15, 0.2) is 0 Å². The Hall–Kier alpha value is -1.95. The largest absolute Gasteiger partial charge is 0.387 e. The van der Waals surface area contributed by atoms with E-state index in [4.69, 9.17) is 11.6 Å². The van der Waals surface area contributed by atoms with Crippen LogP contribution >= 0.6 is 11.6 Å². The normalized spacial score (nSPS) is 12.4. The molecule has 6 heteroatoms. The number of aliphatic hydroxyl groups is 1. The molecule has 5 nitrogen and oxygen atoms in total. The third-order valence-electron chi connectivity index (χ3n) is 3.35. The molecule has 0 aliphatic rings. The number of halogens is 1. The number of nitro benzene ring substituents is 1. The lowest BCUT2D eigenvalue weighted by molar-refractivity contribution is -0.384. The molecule has 2 rings (SSSR count). The van der Waals surface area contributed by atoms with Gasteiger partial charge in [-0.2, -0.15) is 0 Å². The van der Waals surface area contributed by atoms with Crippen molar-refractivity contribution < 1.29 is 10.0 Å². The number of likely N-dealkylation sites (N-methyl/N-ethyl adjacent to an activating group) is 1. The molecule has 0 radical (unpaired) electrons. The Kier molecular flexibility index (Phi) is 5.49. The molecule has 0 saturated carbocycles. The number of rotatable bonds is 6. The molecule has 2 aromatic rings. The quantitative estimate of drug-likeness (QED) is 0.654. The number of nitro groups is 1. The fourth-order valence-electron chi connectivity index (χ4n) is 2.23. The Morgan fingerprint density at radius 1 is 1.27 bits per heavy atom. The van der Waals surface area contributed by atoms with Gasteiger partial charge in [0.25, 0.3) is 5.69 Å². The minimum atomic E-state index is -0.622. The minimum absolute atomic E-state index is 0.0106. The Morgan fingerprint density at radius 3 is 2.59 bits per heavy atom. The highest BCUT2D eigenvalue weighted by atomic mass is 35.5. The van der Waals surface area contributed by atoms with Crippen molar-refractivity contribution in [3.05, 3.63) is 74.8 Å². The lowest BCUT2D eigenvalue weighted by Crippen LogP contribution is -2.24. The molecule has 0 heterocycles. The Bertz CT molecular complexity index is 649. The van der Waals surface area contributed by atoms with E-state index < -0.39 is 11.0 Å². The van der Waals surface area contributed by atoms with E-state index in [-0.39, 0.29) is 5.69 Å². The standard InChI is InChI=1S/C16H17ClN2O3/c1-18(11-16(20)12-5-3-2-4-6-12)10-13-9-14(19(21)22)7-8-15(13)17/h2-9,16,20H,10-11H2,1H3/t16-/m1/s1. The Balaban J connectivity index is 2.04. The van der Waals surface area contributed by atoms with E-state index >= 15 is 0 Å². The molecule has 0 aliphatic carbocycles. The first-order valence-corrected chi connectivity index (χ1v) is 7.19. The van der Waals surface area contributed by atoms with Crippen LogP contribution in [0.15, 0.2) is 48.5 Å². The summed E-state index contributed by atoms with van der Waals surface area (Å²) in [6.07, 6.45) is -0.622. The van der Waals surface area contributed by atoms with Crippen LogP contribution in [0.1, 0.15) is 17.2 Å². The summed E-state index contributed by atoms with van der Waals surface area (Å²) in [4.78, 5) is 12.3. The molecule has 0 spiro atoms. The number of benzene rings is 2. The summed E-state index contributed by atoms with van der Waals surface area (Å²) in [7, 11) is 1.83. The summed E-state index contributed by atoms with van der Waals surface area (Å²) in [6, 6.07) is 13.7. The third-order valence-corrected chi connectivity index (χ3v) is 3.72. The van der Waals surface area contributed by atoms with E-state index in [0.717, 1.165) is 5.56 Å². The third kappa shape index (κ3) is 4.27. The van der Waals surface area contributed by atoms with Gasteiger partial charge in [0.05, 0.1) is 11.0 Å². The first-order valence-electron chi connectivity index (χ1n) is 6.81. The fraction of sp³-hybridized carbons (Fsp3) is 0.250. The predicted octanol–water partition coefficient (Wildman–Crippen LogP) is 3.41. The van der Waals surface area contributed by atoms with Crippen molar-refractivity contribution in [3.8, 4) is 0 Å². The lowest BCUT2D eigenvalue weighted by Gasteiger charge is -2.21. The number of non-ortho nitro benzene ring substituents is 1.